The van der Waals surface area contributed by atoms with Crippen molar-refractivity contribution in [1.29, 1.82) is 0 Å². The zero-order chi connectivity index (χ0) is 26.5. The molecule has 1 N–H and O–H groups in total. The van der Waals surface area contributed by atoms with E-state index in [0.29, 0.717) is 11.3 Å². The molecule has 0 spiro atoms. The van der Waals surface area contributed by atoms with E-state index in [4.69, 9.17) is 9.73 Å². The monoisotopic (exact) mass is 535 g/mol. The Kier molecular flexibility index (Phi) is 8.17. The third-order valence-electron chi connectivity index (χ3n) is 7.70. The van der Waals surface area contributed by atoms with Crippen LogP contribution in [0.15, 0.2) is 76.3 Å². The first-order chi connectivity index (χ1) is 18.4. The normalized spacial score (nSPS) is 22.1. The summed E-state index contributed by atoms with van der Waals surface area (Å²) in [6, 6.07) is 18.2. The Labute approximate surface area is 225 Å². The van der Waals surface area contributed by atoms with Crippen molar-refractivity contribution in [3.05, 3.63) is 76.9 Å². The molecule has 8 heteroatoms. The van der Waals surface area contributed by atoms with E-state index in [1.807, 2.05) is 60.7 Å². The Morgan fingerprint density at radius 2 is 1.45 bits per heavy atom. The van der Waals surface area contributed by atoms with Gasteiger partial charge in [-0.3, -0.25) is 9.69 Å². The van der Waals surface area contributed by atoms with Gasteiger partial charge in [0, 0.05) is 18.0 Å². The van der Waals surface area contributed by atoms with Crippen molar-refractivity contribution >= 4 is 27.5 Å². The second-order valence-electron chi connectivity index (χ2n) is 10.6. The van der Waals surface area contributed by atoms with Crippen molar-refractivity contribution in [3.63, 3.8) is 0 Å². The highest BCUT2D eigenvalue weighted by Gasteiger charge is 2.47. The van der Waals surface area contributed by atoms with Gasteiger partial charge in [0.1, 0.15) is 10.9 Å². The van der Waals surface area contributed by atoms with Gasteiger partial charge in [0.15, 0.2) is 9.84 Å². The number of para-hydroxylation sites is 1. The molecule has 2 fully saturated rings. The highest BCUT2D eigenvalue weighted by Crippen LogP contribution is 2.43. The highest BCUT2D eigenvalue weighted by atomic mass is 32.2. The Bertz CT molecular complexity index is 1280. The summed E-state index contributed by atoms with van der Waals surface area (Å²) in [4.78, 5) is 20.5. The molecule has 0 aromatic heterocycles. The molecule has 7 nitrogen and oxygen atoms in total. The molecule has 0 unspecified atom stereocenters. The van der Waals surface area contributed by atoms with Crippen LogP contribution in [0.3, 0.4) is 0 Å². The van der Waals surface area contributed by atoms with Crippen LogP contribution in [0, 0.1) is 0 Å². The van der Waals surface area contributed by atoms with E-state index in [9.17, 15) is 13.2 Å². The van der Waals surface area contributed by atoms with Crippen LogP contribution in [0.1, 0.15) is 75.8 Å². The van der Waals surface area contributed by atoms with E-state index < -0.39 is 21.8 Å². The van der Waals surface area contributed by atoms with Gasteiger partial charge in [0.25, 0.3) is 11.9 Å². The van der Waals surface area contributed by atoms with E-state index in [1.165, 1.54) is 17.7 Å². The lowest BCUT2D eigenvalue weighted by atomic mass is 9.95. The van der Waals surface area contributed by atoms with E-state index >= 15 is 0 Å². The first kappa shape index (κ1) is 26.5. The molecule has 2 aromatic rings. The molecular formula is C30H37N3O4S. The number of carbonyl (C=O) groups excluding carboxylic acids is 1. The summed E-state index contributed by atoms with van der Waals surface area (Å²) in [5, 5.41) is 3.46. The van der Waals surface area contributed by atoms with Gasteiger partial charge < -0.3 is 10.1 Å². The number of nitrogens with one attached hydrogen (secondary N) is 1. The lowest BCUT2D eigenvalue weighted by Gasteiger charge is -2.27. The molecule has 2 aromatic carbocycles. The molecule has 3 aliphatic rings. The number of hydrogen-bond donors (Lipinski definition) is 1. The molecule has 1 atom stereocenters. The number of carbonyl (C=O) groups is 1. The highest BCUT2D eigenvalue weighted by molar-refractivity contribution is 7.94. The van der Waals surface area contributed by atoms with Gasteiger partial charge in [-0.05, 0) is 43.4 Å². The molecule has 2 aliphatic carbocycles. The summed E-state index contributed by atoms with van der Waals surface area (Å²) < 4.78 is 33.0. The summed E-state index contributed by atoms with van der Waals surface area (Å²) in [7, 11) is -3.83. The number of ether oxygens (including phenoxy) is 1. The molecule has 5 rings (SSSR count). The number of benzene rings is 2. The van der Waals surface area contributed by atoms with Gasteiger partial charge in [-0.2, -0.15) is 0 Å². The summed E-state index contributed by atoms with van der Waals surface area (Å²) in [5.41, 5.74) is 1.31. The minimum Gasteiger partial charge on any atom is -0.419 e. The molecule has 0 bridgehead atoms. The molecule has 202 valence electrons. The van der Waals surface area contributed by atoms with E-state index in [1.54, 1.807) is 0 Å². The zero-order valence-corrected chi connectivity index (χ0v) is 22.8. The Morgan fingerprint density at radius 3 is 2.05 bits per heavy atom. The van der Waals surface area contributed by atoms with Crippen molar-refractivity contribution in [2.75, 3.05) is 11.2 Å². The van der Waals surface area contributed by atoms with Crippen LogP contribution in [0.4, 0.5) is 5.69 Å². The molecule has 1 amide bonds. The van der Waals surface area contributed by atoms with Crippen LogP contribution in [0.25, 0.3) is 0 Å². The first-order valence-electron chi connectivity index (χ1n) is 13.8. The van der Waals surface area contributed by atoms with Crippen molar-refractivity contribution < 1.29 is 17.9 Å². The van der Waals surface area contributed by atoms with Crippen molar-refractivity contribution in [3.8, 4) is 0 Å². The lowest BCUT2D eigenvalue weighted by molar-refractivity contribution is -0.116. The fraction of sp³-hybridized carbons (Fsp3) is 0.467. The van der Waals surface area contributed by atoms with Crippen molar-refractivity contribution in [1.82, 2.24) is 5.32 Å². The number of amides is 1. The Hall–Kier alpha value is -3.13. The zero-order valence-electron chi connectivity index (χ0n) is 22.0. The van der Waals surface area contributed by atoms with Crippen molar-refractivity contribution in [2.45, 2.75) is 82.3 Å². The maximum atomic E-state index is 14.1. The third-order valence-corrected chi connectivity index (χ3v) is 8.91. The van der Waals surface area contributed by atoms with E-state index in [2.05, 4.69) is 5.32 Å². The van der Waals surface area contributed by atoms with Crippen LogP contribution in [-0.2, 0) is 19.4 Å². The molecule has 38 heavy (non-hydrogen) atoms. The number of aliphatic imine (C=N–C) groups is 1. The minimum absolute atomic E-state index is 0.0284. The van der Waals surface area contributed by atoms with Gasteiger partial charge in [0.2, 0.25) is 5.76 Å². The van der Waals surface area contributed by atoms with Crippen molar-refractivity contribution in [2.24, 2.45) is 4.99 Å². The average Bonchev–Trinajstić information content (AvgIpc) is 3.23. The fourth-order valence-corrected chi connectivity index (χ4v) is 6.93. The van der Waals surface area contributed by atoms with Gasteiger partial charge in [-0.15, -0.1) is 0 Å². The third kappa shape index (κ3) is 5.96. The second kappa shape index (κ2) is 11.7. The topological polar surface area (TPSA) is 88.1 Å². The number of nitrogens with zero attached hydrogens (tertiary/aromatic N) is 2. The van der Waals surface area contributed by atoms with E-state index in [-0.39, 0.29) is 28.8 Å². The Balaban J connectivity index is 1.59. The predicted molar refractivity (Wildman–Crippen MR) is 150 cm³/mol. The maximum Gasteiger partial charge on any atom is 0.296 e. The predicted octanol–water partition coefficient (Wildman–Crippen LogP) is 5.66. The van der Waals surface area contributed by atoms with Crippen LogP contribution in [0.2, 0.25) is 0 Å². The largest absolute Gasteiger partial charge is 0.419 e. The number of rotatable bonds is 6. The second-order valence-corrected chi connectivity index (χ2v) is 12.6. The SMILES string of the molecule is CS(=O)(=O)C1=C(OC(=NC2CCCCC2)NC2CCCCC2)C(=O)N(c2ccccc2)[C@H]1c1ccccc1. The molecule has 0 radical (unpaired) electrons. The van der Waals surface area contributed by atoms with Crippen LogP contribution in [-0.4, -0.2) is 38.7 Å². The van der Waals surface area contributed by atoms with Crippen LogP contribution in [0.5, 0.6) is 0 Å². The number of amidine groups is 1. The lowest BCUT2D eigenvalue weighted by Crippen LogP contribution is -2.39. The van der Waals surface area contributed by atoms with E-state index in [0.717, 1.165) is 57.6 Å². The molecule has 1 heterocycles. The average molecular weight is 536 g/mol. The first-order valence-corrected chi connectivity index (χ1v) is 15.7. The van der Waals surface area contributed by atoms with Gasteiger partial charge >= 0.3 is 0 Å². The molecule has 1 aliphatic heterocycles. The number of hydrogen-bond acceptors (Lipinski definition) is 5. The van der Waals surface area contributed by atoms with Gasteiger partial charge in [-0.25, -0.2) is 13.4 Å². The number of sulfone groups is 1. The summed E-state index contributed by atoms with van der Waals surface area (Å²) in [5.74, 6) is -0.643. The molecule has 0 saturated heterocycles. The molecule has 2 saturated carbocycles. The standard InChI is InChI=1S/C30H37N3O4S/c1-38(35,36)28-26(22-14-6-2-7-15-22)33(25-20-12-5-13-21-25)29(34)27(28)37-30(31-23-16-8-3-9-17-23)32-24-18-10-4-11-19-24/h2,5-7,12-15,20-21,23-24,26H,3-4,8-11,16-19H2,1H3,(H,31,32)/t26-/m0/s1. The maximum absolute atomic E-state index is 14.1. The van der Waals surface area contributed by atoms with Gasteiger partial charge in [-0.1, -0.05) is 87.1 Å². The van der Waals surface area contributed by atoms with Crippen LogP contribution < -0.4 is 10.2 Å². The molecular weight excluding hydrogens is 498 g/mol. The summed E-state index contributed by atoms with van der Waals surface area (Å²) in [6.45, 7) is 0. The fourth-order valence-electron chi connectivity index (χ4n) is 5.82. The van der Waals surface area contributed by atoms with Crippen LogP contribution >= 0.6 is 0 Å². The smallest absolute Gasteiger partial charge is 0.296 e. The quantitative estimate of drug-likeness (QED) is 0.381. The minimum atomic E-state index is -3.83. The summed E-state index contributed by atoms with van der Waals surface area (Å²) in [6.07, 6.45) is 12.0. The summed E-state index contributed by atoms with van der Waals surface area (Å²) >= 11 is 0. The Morgan fingerprint density at radius 1 is 0.868 bits per heavy atom. The van der Waals surface area contributed by atoms with Gasteiger partial charge in [0.05, 0.1) is 6.04 Å². The number of anilines is 1.